The molecule has 1 aliphatic rings. The fourth-order valence-corrected chi connectivity index (χ4v) is 3.38. The van der Waals surface area contributed by atoms with E-state index in [1.54, 1.807) is 11.3 Å². The fraction of sp³-hybridized carbons (Fsp3) is 0.583. The van der Waals surface area contributed by atoms with Crippen LogP contribution in [0.25, 0.3) is 4.96 Å². The third-order valence-electron chi connectivity index (χ3n) is 3.58. The first-order valence-corrected chi connectivity index (χ1v) is 7.42. The summed E-state index contributed by atoms with van der Waals surface area (Å²) in [6, 6.07) is 0. The summed E-state index contributed by atoms with van der Waals surface area (Å²) < 4.78 is 2.10. The van der Waals surface area contributed by atoms with E-state index in [1.807, 2.05) is 11.6 Å². The van der Waals surface area contributed by atoms with Crippen LogP contribution in [0.4, 0.5) is 5.82 Å². The van der Waals surface area contributed by atoms with Gasteiger partial charge in [-0.25, -0.2) is 4.98 Å². The van der Waals surface area contributed by atoms with Crippen molar-refractivity contribution in [2.45, 2.75) is 25.1 Å². The summed E-state index contributed by atoms with van der Waals surface area (Å²) in [5.41, 5.74) is 1.12. The molecule has 0 unspecified atom stereocenters. The molecule has 17 heavy (non-hydrogen) atoms. The largest absolute Gasteiger partial charge is 0.358 e. The van der Waals surface area contributed by atoms with Crippen molar-refractivity contribution in [3.05, 3.63) is 17.3 Å². The van der Waals surface area contributed by atoms with E-state index in [2.05, 4.69) is 21.3 Å². The number of hydrogen-bond donors (Lipinski definition) is 0. The van der Waals surface area contributed by atoms with Crippen LogP contribution < -0.4 is 4.90 Å². The molecular formula is C12H16ClN3S. The van der Waals surface area contributed by atoms with Crippen LogP contribution in [-0.4, -0.2) is 23.0 Å². The molecule has 1 saturated carbocycles. The minimum atomic E-state index is 0.516. The third-order valence-corrected chi connectivity index (χ3v) is 4.59. The van der Waals surface area contributed by atoms with Gasteiger partial charge in [-0.1, -0.05) is 6.42 Å². The van der Waals surface area contributed by atoms with E-state index in [4.69, 9.17) is 11.6 Å². The van der Waals surface area contributed by atoms with Gasteiger partial charge in [0.2, 0.25) is 0 Å². The maximum absolute atomic E-state index is 6.05. The first-order chi connectivity index (χ1) is 8.29. The summed E-state index contributed by atoms with van der Waals surface area (Å²) in [5, 5.41) is 2.05. The van der Waals surface area contributed by atoms with Gasteiger partial charge in [0.25, 0.3) is 0 Å². The zero-order chi connectivity index (χ0) is 11.8. The standard InChI is InChI=1S/C12H16ClN3S/c1-15(8-9-3-2-4-9)11-10(7-13)16-5-6-17-12(16)14-11/h5-6,9H,2-4,7-8H2,1H3. The van der Waals surface area contributed by atoms with E-state index in [-0.39, 0.29) is 0 Å². The monoisotopic (exact) mass is 269 g/mol. The molecule has 1 fully saturated rings. The maximum atomic E-state index is 6.05. The third kappa shape index (κ3) is 1.93. The average molecular weight is 270 g/mol. The van der Waals surface area contributed by atoms with Gasteiger partial charge in [-0.3, -0.25) is 4.40 Å². The molecule has 0 amide bonds. The van der Waals surface area contributed by atoms with Crippen LogP contribution in [-0.2, 0) is 5.88 Å². The van der Waals surface area contributed by atoms with Crippen LogP contribution in [0.3, 0.4) is 0 Å². The van der Waals surface area contributed by atoms with Gasteiger partial charge in [0, 0.05) is 25.2 Å². The Balaban J connectivity index is 1.89. The van der Waals surface area contributed by atoms with Gasteiger partial charge in [0.1, 0.15) is 0 Å². The zero-order valence-corrected chi connectivity index (χ0v) is 11.5. The van der Waals surface area contributed by atoms with Crippen LogP contribution in [0.5, 0.6) is 0 Å². The molecule has 0 aromatic carbocycles. The molecule has 2 heterocycles. The Morgan fingerprint density at radius 3 is 3.06 bits per heavy atom. The van der Waals surface area contributed by atoms with Gasteiger partial charge in [0.05, 0.1) is 11.6 Å². The molecule has 92 valence electrons. The lowest BCUT2D eigenvalue weighted by Gasteiger charge is -2.30. The highest BCUT2D eigenvalue weighted by Gasteiger charge is 2.22. The van der Waals surface area contributed by atoms with E-state index in [0.29, 0.717) is 5.88 Å². The van der Waals surface area contributed by atoms with Crippen molar-refractivity contribution in [3.8, 4) is 0 Å². The zero-order valence-electron chi connectivity index (χ0n) is 9.90. The molecule has 2 aromatic heterocycles. The van der Waals surface area contributed by atoms with Crippen molar-refractivity contribution in [2.75, 3.05) is 18.5 Å². The Kier molecular flexibility index (Phi) is 3.01. The summed E-state index contributed by atoms with van der Waals surface area (Å²) in [6.07, 6.45) is 6.16. The molecule has 3 rings (SSSR count). The van der Waals surface area contributed by atoms with Crippen molar-refractivity contribution in [1.29, 1.82) is 0 Å². The number of hydrogen-bond acceptors (Lipinski definition) is 3. The number of nitrogens with zero attached hydrogens (tertiary/aromatic N) is 3. The van der Waals surface area contributed by atoms with Gasteiger partial charge in [-0.2, -0.15) is 0 Å². The highest BCUT2D eigenvalue weighted by Crippen LogP contribution is 2.30. The Morgan fingerprint density at radius 2 is 2.41 bits per heavy atom. The van der Waals surface area contributed by atoms with Crippen LogP contribution in [0.1, 0.15) is 25.0 Å². The molecular weight excluding hydrogens is 254 g/mol. The maximum Gasteiger partial charge on any atom is 0.195 e. The van der Waals surface area contributed by atoms with Crippen molar-refractivity contribution < 1.29 is 0 Å². The van der Waals surface area contributed by atoms with Gasteiger partial charge < -0.3 is 4.90 Å². The van der Waals surface area contributed by atoms with Crippen molar-refractivity contribution >= 4 is 33.7 Å². The molecule has 3 nitrogen and oxygen atoms in total. The molecule has 5 heteroatoms. The van der Waals surface area contributed by atoms with Gasteiger partial charge >= 0.3 is 0 Å². The molecule has 0 N–H and O–H groups in total. The summed E-state index contributed by atoms with van der Waals surface area (Å²) >= 11 is 7.72. The summed E-state index contributed by atoms with van der Waals surface area (Å²) in [4.78, 5) is 7.98. The molecule has 0 spiro atoms. The first-order valence-electron chi connectivity index (χ1n) is 6.01. The van der Waals surface area contributed by atoms with Crippen LogP contribution in [0.2, 0.25) is 0 Å². The smallest absolute Gasteiger partial charge is 0.195 e. The number of fused-ring (bicyclic) bond motifs is 1. The Hall–Kier alpha value is -0.740. The minimum absolute atomic E-state index is 0.516. The fourth-order valence-electron chi connectivity index (χ4n) is 2.40. The lowest BCUT2D eigenvalue weighted by atomic mass is 9.85. The molecule has 1 aliphatic carbocycles. The predicted molar refractivity (Wildman–Crippen MR) is 73.2 cm³/mol. The first kappa shape index (κ1) is 11.4. The molecule has 0 bridgehead atoms. The second kappa shape index (κ2) is 4.50. The lowest BCUT2D eigenvalue weighted by Crippen LogP contribution is -2.30. The Bertz CT molecular complexity index is 515. The number of aromatic nitrogens is 2. The van der Waals surface area contributed by atoms with E-state index < -0.39 is 0 Å². The van der Waals surface area contributed by atoms with Crippen LogP contribution in [0.15, 0.2) is 11.6 Å². The van der Waals surface area contributed by atoms with Gasteiger partial charge in [-0.05, 0) is 18.8 Å². The van der Waals surface area contributed by atoms with E-state index in [9.17, 15) is 0 Å². The van der Waals surface area contributed by atoms with Gasteiger partial charge in [0.15, 0.2) is 10.8 Å². The quantitative estimate of drug-likeness (QED) is 0.794. The highest BCUT2D eigenvalue weighted by atomic mass is 35.5. The summed E-state index contributed by atoms with van der Waals surface area (Å²) in [7, 11) is 2.13. The van der Waals surface area contributed by atoms with Crippen LogP contribution >= 0.6 is 22.9 Å². The van der Waals surface area contributed by atoms with E-state index in [1.165, 1.54) is 19.3 Å². The number of alkyl halides is 1. The van der Waals surface area contributed by atoms with Crippen molar-refractivity contribution in [1.82, 2.24) is 9.38 Å². The van der Waals surface area contributed by atoms with Crippen molar-refractivity contribution in [3.63, 3.8) is 0 Å². The van der Waals surface area contributed by atoms with Crippen LogP contribution in [0, 0.1) is 5.92 Å². The Labute approximate surface area is 110 Å². The SMILES string of the molecule is CN(CC1CCC1)c1nc2sccn2c1CCl. The summed E-state index contributed by atoms with van der Waals surface area (Å²) in [5.74, 6) is 2.42. The minimum Gasteiger partial charge on any atom is -0.358 e. The number of rotatable bonds is 4. The number of thiazole rings is 1. The number of imidazole rings is 1. The van der Waals surface area contributed by atoms with E-state index in [0.717, 1.165) is 28.9 Å². The normalized spacial score (nSPS) is 16.4. The van der Waals surface area contributed by atoms with Crippen molar-refractivity contribution in [2.24, 2.45) is 5.92 Å². The molecule has 0 saturated heterocycles. The average Bonchev–Trinajstić information content (AvgIpc) is 2.81. The molecule has 0 aliphatic heterocycles. The predicted octanol–water partition coefficient (Wildman–Crippen LogP) is 3.37. The topological polar surface area (TPSA) is 20.5 Å². The lowest BCUT2D eigenvalue weighted by molar-refractivity contribution is 0.321. The van der Waals surface area contributed by atoms with Gasteiger partial charge in [-0.15, -0.1) is 22.9 Å². The second-order valence-corrected chi connectivity index (χ2v) is 5.89. The molecule has 0 atom stereocenters. The molecule has 0 radical (unpaired) electrons. The van der Waals surface area contributed by atoms with E-state index >= 15 is 0 Å². The molecule has 2 aromatic rings. The summed E-state index contributed by atoms with van der Waals surface area (Å²) in [6.45, 7) is 1.11. The second-order valence-electron chi connectivity index (χ2n) is 4.75. The highest BCUT2D eigenvalue weighted by molar-refractivity contribution is 7.15. The number of anilines is 1. The number of halogens is 1. The Morgan fingerprint density at radius 1 is 1.59 bits per heavy atom.